The van der Waals surface area contributed by atoms with Crippen LogP contribution in [-0.4, -0.2) is 66.8 Å². The molecule has 35 heavy (non-hydrogen) atoms. The van der Waals surface area contributed by atoms with Crippen LogP contribution in [0.5, 0.6) is 0 Å². The van der Waals surface area contributed by atoms with Crippen LogP contribution >= 0.6 is 11.3 Å². The third kappa shape index (κ3) is 4.46. The van der Waals surface area contributed by atoms with Crippen LogP contribution in [0.4, 0.5) is 17.6 Å². The van der Waals surface area contributed by atoms with E-state index in [1.54, 1.807) is 16.0 Å². The van der Waals surface area contributed by atoms with Gasteiger partial charge in [0.15, 0.2) is 5.82 Å². The van der Waals surface area contributed by atoms with E-state index in [1.165, 1.54) is 43.5 Å². The Bertz CT molecular complexity index is 1350. The minimum absolute atomic E-state index is 0.270. The summed E-state index contributed by atoms with van der Waals surface area (Å²) in [6.45, 7) is 4.38. The number of hydrogen-bond acceptors (Lipinski definition) is 10. The molecule has 0 bridgehead atoms. The van der Waals surface area contributed by atoms with E-state index < -0.39 is 0 Å². The number of likely N-dealkylation sites (tertiary alicyclic amines) is 1. The van der Waals surface area contributed by atoms with Crippen LogP contribution < -0.4 is 16.4 Å². The molecule has 1 unspecified atom stereocenters. The quantitative estimate of drug-likeness (QED) is 0.387. The van der Waals surface area contributed by atoms with Crippen LogP contribution in [-0.2, 0) is 12.8 Å². The first-order chi connectivity index (χ1) is 17.0. The van der Waals surface area contributed by atoms with Crippen molar-refractivity contribution in [3.63, 3.8) is 0 Å². The molecule has 4 N–H and O–H groups in total. The molecule has 1 fully saturated rings. The number of aromatic nitrogens is 6. The molecule has 1 saturated heterocycles. The van der Waals surface area contributed by atoms with E-state index in [4.69, 9.17) is 10.7 Å². The predicted molar refractivity (Wildman–Crippen MR) is 138 cm³/mol. The SMILES string of the molecule is Cc1csc2c(-n3nc(Nc4cnc5c(c4)CC(NC4CCN(C)CC4)CC5)nc3N)ncnc12. The first-order valence-corrected chi connectivity index (χ1v) is 13.0. The standard InChI is InChI=1S/C24H30N10S/c1-14-12-35-21-20(14)27-13-28-22(21)34-23(25)31-24(32-34)30-18-10-15-9-17(3-4-19(15)26-11-18)29-16-5-7-33(2)8-6-16/h10-13,16-17,29H,3-9H2,1-2H3,(H3,25,30,31,32). The lowest BCUT2D eigenvalue weighted by atomic mass is 9.90. The van der Waals surface area contributed by atoms with Gasteiger partial charge >= 0.3 is 0 Å². The Balaban J connectivity index is 1.18. The van der Waals surface area contributed by atoms with Gasteiger partial charge in [-0.3, -0.25) is 4.98 Å². The molecule has 5 heterocycles. The molecular weight excluding hydrogens is 460 g/mol. The molecule has 1 aliphatic heterocycles. The van der Waals surface area contributed by atoms with Gasteiger partial charge in [-0.05, 0) is 81.7 Å². The van der Waals surface area contributed by atoms with Gasteiger partial charge in [0, 0.05) is 17.8 Å². The zero-order chi connectivity index (χ0) is 23.9. The lowest BCUT2D eigenvalue weighted by molar-refractivity contribution is 0.220. The topological polar surface area (TPSA) is 123 Å². The zero-order valence-corrected chi connectivity index (χ0v) is 20.8. The third-order valence-electron chi connectivity index (χ3n) is 7.05. The molecular formula is C24H30N10S. The van der Waals surface area contributed by atoms with Gasteiger partial charge in [0.25, 0.3) is 0 Å². The molecule has 1 atom stereocenters. The van der Waals surface area contributed by atoms with Crippen LogP contribution in [0.1, 0.15) is 36.1 Å². The summed E-state index contributed by atoms with van der Waals surface area (Å²) in [6.07, 6.45) is 8.96. The molecule has 0 saturated carbocycles. The number of fused-ring (bicyclic) bond motifs is 2. The van der Waals surface area contributed by atoms with Gasteiger partial charge in [-0.25, -0.2) is 9.97 Å². The summed E-state index contributed by atoms with van der Waals surface area (Å²) in [6, 6.07) is 3.28. The van der Waals surface area contributed by atoms with Gasteiger partial charge in [-0.2, -0.15) is 9.67 Å². The third-order valence-corrected chi connectivity index (χ3v) is 8.13. The Hall–Kier alpha value is -3.15. The van der Waals surface area contributed by atoms with Crippen LogP contribution in [0.3, 0.4) is 0 Å². The van der Waals surface area contributed by atoms with E-state index in [2.05, 4.69) is 54.1 Å². The average molecular weight is 491 g/mol. The second-order valence-corrected chi connectivity index (χ2v) is 10.5. The number of pyridine rings is 1. The number of anilines is 3. The molecule has 182 valence electrons. The molecule has 4 aromatic rings. The predicted octanol–water partition coefficient (Wildman–Crippen LogP) is 2.84. The summed E-state index contributed by atoms with van der Waals surface area (Å²) < 4.78 is 2.50. The van der Waals surface area contributed by atoms with Crippen molar-refractivity contribution in [2.24, 2.45) is 0 Å². The lowest BCUT2D eigenvalue weighted by Gasteiger charge is -2.34. The Morgan fingerprint density at radius 1 is 1.11 bits per heavy atom. The Morgan fingerprint density at radius 3 is 2.83 bits per heavy atom. The number of rotatable bonds is 5. The van der Waals surface area contributed by atoms with Gasteiger partial charge in [0.1, 0.15) is 6.33 Å². The van der Waals surface area contributed by atoms with Gasteiger partial charge < -0.3 is 21.3 Å². The van der Waals surface area contributed by atoms with Gasteiger partial charge in [-0.1, -0.05) is 0 Å². The number of aryl methyl sites for hydroxylation is 2. The van der Waals surface area contributed by atoms with Crippen molar-refractivity contribution >= 4 is 39.1 Å². The molecule has 0 amide bonds. The second-order valence-electron chi connectivity index (χ2n) is 9.64. The normalized spacial score (nSPS) is 19.2. The second kappa shape index (κ2) is 9.14. The summed E-state index contributed by atoms with van der Waals surface area (Å²) in [7, 11) is 2.20. The largest absolute Gasteiger partial charge is 0.368 e. The number of nitrogens with two attached hydrogens (primary N) is 1. The minimum atomic E-state index is 0.270. The summed E-state index contributed by atoms with van der Waals surface area (Å²) >= 11 is 1.58. The monoisotopic (exact) mass is 490 g/mol. The number of piperidine rings is 1. The van der Waals surface area contributed by atoms with E-state index in [0.29, 0.717) is 23.8 Å². The smallest absolute Gasteiger partial charge is 0.248 e. The molecule has 6 rings (SSSR count). The maximum atomic E-state index is 6.22. The molecule has 0 radical (unpaired) electrons. The van der Waals surface area contributed by atoms with Crippen LogP contribution in [0.25, 0.3) is 16.0 Å². The van der Waals surface area contributed by atoms with Crippen molar-refractivity contribution in [3.8, 4) is 5.82 Å². The number of nitrogens with zero attached hydrogens (tertiary/aromatic N) is 7. The number of thiophene rings is 1. The summed E-state index contributed by atoms with van der Waals surface area (Å²) in [4.78, 5) is 20.4. The van der Waals surface area contributed by atoms with E-state index >= 15 is 0 Å². The van der Waals surface area contributed by atoms with E-state index in [-0.39, 0.29) is 5.95 Å². The summed E-state index contributed by atoms with van der Waals surface area (Å²) in [5.74, 6) is 1.32. The van der Waals surface area contributed by atoms with E-state index in [0.717, 1.165) is 40.7 Å². The molecule has 4 aromatic heterocycles. The maximum Gasteiger partial charge on any atom is 0.248 e. The summed E-state index contributed by atoms with van der Waals surface area (Å²) in [5.41, 5.74) is 11.6. The molecule has 2 aliphatic rings. The molecule has 10 nitrogen and oxygen atoms in total. The number of nitrogens with one attached hydrogen (secondary N) is 2. The van der Waals surface area contributed by atoms with Gasteiger partial charge in [0.05, 0.1) is 22.1 Å². The van der Waals surface area contributed by atoms with E-state index in [9.17, 15) is 0 Å². The van der Waals surface area contributed by atoms with Crippen molar-refractivity contribution in [1.29, 1.82) is 0 Å². The molecule has 0 aromatic carbocycles. The highest BCUT2D eigenvalue weighted by molar-refractivity contribution is 7.17. The molecule has 0 spiro atoms. The van der Waals surface area contributed by atoms with Crippen LogP contribution in [0.15, 0.2) is 24.0 Å². The van der Waals surface area contributed by atoms with Crippen molar-refractivity contribution in [2.45, 2.75) is 51.1 Å². The van der Waals surface area contributed by atoms with E-state index in [1.807, 2.05) is 13.1 Å². The Morgan fingerprint density at radius 2 is 1.97 bits per heavy atom. The van der Waals surface area contributed by atoms with Crippen LogP contribution in [0.2, 0.25) is 0 Å². The van der Waals surface area contributed by atoms with Gasteiger partial charge in [-0.15, -0.1) is 16.4 Å². The fourth-order valence-electron chi connectivity index (χ4n) is 5.11. The Labute approximate surface area is 208 Å². The van der Waals surface area contributed by atoms with Gasteiger partial charge in [0.2, 0.25) is 11.9 Å². The number of hydrogen-bond donors (Lipinski definition) is 3. The van der Waals surface area contributed by atoms with Crippen molar-refractivity contribution < 1.29 is 0 Å². The average Bonchev–Trinajstić information content (AvgIpc) is 3.42. The van der Waals surface area contributed by atoms with Crippen molar-refractivity contribution in [1.82, 2.24) is 39.9 Å². The first kappa shape index (κ1) is 22.3. The minimum Gasteiger partial charge on any atom is -0.368 e. The fraction of sp³-hybridized carbons (Fsp3) is 0.458. The fourth-order valence-corrected chi connectivity index (χ4v) is 6.08. The number of nitrogen functional groups attached to an aromatic ring is 1. The maximum absolute atomic E-state index is 6.22. The van der Waals surface area contributed by atoms with Crippen molar-refractivity contribution in [3.05, 3.63) is 40.8 Å². The first-order valence-electron chi connectivity index (χ1n) is 12.1. The molecule has 1 aliphatic carbocycles. The summed E-state index contributed by atoms with van der Waals surface area (Å²) in [5, 5.41) is 13.8. The molecule has 11 heteroatoms. The zero-order valence-electron chi connectivity index (χ0n) is 20.0. The lowest BCUT2D eigenvalue weighted by Crippen LogP contribution is -2.47. The highest BCUT2D eigenvalue weighted by Crippen LogP contribution is 2.29. The highest BCUT2D eigenvalue weighted by Gasteiger charge is 2.24. The Kier molecular flexibility index (Phi) is 5.83. The van der Waals surface area contributed by atoms with Crippen molar-refractivity contribution in [2.75, 3.05) is 31.2 Å². The van der Waals surface area contributed by atoms with Crippen LogP contribution in [0, 0.1) is 6.92 Å². The highest BCUT2D eigenvalue weighted by atomic mass is 32.1.